The summed E-state index contributed by atoms with van der Waals surface area (Å²) >= 11 is 1.87. The first-order valence-corrected chi connectivity index (χ1v) is 7.53. The van der Waals surface area contributed by atoms with Crippen molar-refractivity contribution in [3.8, 4) is 0 Å². The molecule has 0 spiro atoms. The van der Waals surface area contributed by atoms with Crippen molar-refractivity contribution in [1.82, 2.24) is 0 Å². The summed E-state index contributed by atoms with van der Waals surface area (Å²) in [6.07, 6.45) is 5.94. The third-order valence-electron chi connectivity index (χ3n) is 3.05. The van der Waals surface area contributed by atoms with E-state index in [1.807, 2.05) is 11.8 Å². The fraction of sp³-hybridized carbons (Fsp3) is 0.438. The minimum absolute atomic E-state index is 0.335. The van der Waals surface area contributed by atoms with Crippen molar-refractivity contribution in [3.63, 3.8) is 0 Å². The highest BCUT2D eigenvalue weighted by Crippen LogP contribution is 2.25. The maximum absolute atomic E-state index is 11.7. The molecule has 0 aromatic heterocycles. The van der Waals surface area contributed by atoms with Gasteiger partial charge in [-0.15, -0.1) is 11.8 Å². The zero-order valence-corrected chi connectivity index (χ0v) is 11.9. The van der Waals surface area contributed by atoms with Gasteiger partial charge in [0.05, 0.1) is 0 Å². The molecule has 96 valence electrons. The summed E-state index contributed by atoms with van der Waals surface area (Å²) in [5, 5.41) is 0.606. The second-order valence-corrected chi connectivity index (χ2v) is 6.69. The average molecular weight is 260 g/mol. The van der Waals surface area contributed by atoms with Gasteiger partial charge in [0.25, 0.3) is 0 Å². The fourth-order valence-corrected chi connectivity index (χ4v) is 3.01. The van der Waals surface area contributed by atoms with Crippen molar-refractivity contribution in [2.24, 2.45) is 0 Å². The van der Waals surface area contributed by atoms with E-state index in [0.717, 1.165) is 36.8 Å². The van der Waals surface area contributed by atoms with E-state index in [2.05, 4.69) is 44.2 Å². The van der Waals surface area contributed by atoms with Crippen LogP contribution < -0.4 is 0 Å². The first-order chi connectivity index (χ1) is 8.65. The highest BCUT2D eigenvalue weighted by Gasteiger charge is 2.14. The molecule has 2 rings (SSSR count). The molecule has 0 atom stereocenters. The third-order valence-corrected chi connectivity index (χ3v) is 4.07. The van der Waals surface area contributed by atoms with Crippen LogP contribution in [-0.4, -0.2) is 11.0 Å². The van der Waals surface area contributed by atoms with Gasteiger partial charge in [0.2, 0.25) is 0 Å². The minimum atomic E-state index is 0.335. The van der Waals surface area contributed by atoms with Crippen molar-refractivity contribution in [1.29, 1.82) is 0 Å². The molecule has 0 amide bonds. The number of ketones is 1. The van der Waals surface area contributed by atoms with Crippen molar-refractivity contribution in [2.75, 3.05) is 0 Å². The molecule has 18 heavy (non-hydrogen) atoms. The zero-order chi connectivity index (χ0) is 13.0. The maximum Gasteiger partial charge on any atom is 0.158 e. The highest BCUT2D eigenvalue weighted by molar-refractivity contribution is 7.99. The lowest BCUT2D eigenvalue weighted by Crippen LogP contribution is -2.07. The molecule has 0 bridgehead atoms. The summed E-state index contributed by atoms with van der Waals surface area (Å²) in [7, 11) is 0. The van der Waals surface area contributed by atoms with Gasteiger partial charge < -0.3 is 0 Å². The second-order valence-electron chi connectivity index (χ2n) is 5.04. The summed E-state index contributed by atoms with van der Waals surface area (Å²) in [6.45, 7) is 4.39. The molecule has 0 saturated heterocycles. The number of carbonyl (C=O) groups is 1. The first kappa shape index (κ1) is 13.4. The Labute approximate surface area is 114 Å². The van der Waals surface area contributed by atoms with Crippen molar-refractivity contribution in [2.45, 2.75) is 49.7 Å². The monoisotopic (exact) mass is 260 g/mol. The summed E-state index contributed by atoms with van der Waals surface area (Å²) in [6, 6.07) is 8.51. The van der Waals surface area contributed by atoms with Gasteiger partial charge in [-0.1, -0.05) is 26.0 Å². The van der Waals surface area contributed by atoms with Crippen LogP contribution in [0.2, 0.25) is 0 Å². The summed E-state index contributed by atoms with van der Waals surface area (Å²) in [4.78, 5) is 13.0. The molecule has 0 N–H and O–H groups in total. The lowest BCUT2D eigenvalue weighted by atomic mass is 9.92. The number of carbonyl (C=O) groups excluding carboxylic acids is 1. The van der Waals surface area contributed by atoms with Crippen LogP contribution in [0.15, 0.2) is 34.7 Å². The molecule has 1 aromatic carbocycles. The molecule has 0 aliphatic heterocycles. The smallest absolute Gasteiger partial charge is 0.158 e. The van der Waals surface area contributed by atoms with Gasteiger partial charge in [-0.25, -0.2) is 0 Å². The van der Waals surface area contributed by atoms with E-state index < -0.39 is 0 Å². The Morgan fingerprint density at radius 2 is 1.78 bits per heavy atom. The molecule has 1 aliphatic rings. The highest BCUT2D eigenvalue weighted by atomic mass is 32.2. The summed E-state index contributed by atoms with van der Waals surface area (Å²) < 4.78 is 0. The van der Waals surface area contributed by atoms with Gasteiger partial charge in [0, 0.05) is 16.6 Å². The Morgan fingerprint density at radius 3 is 2.39 bits per heavy atom. The third kappa shape index (κ3) is 3.74. The summed E-state index contributed by atoms with van der Waals surface area (Å²) in [5.41, 5.74) is 2.15. The maximum atomic E-state index is 11.7. The van der Waals surface area contributed by atoms with Crippen LogP contribution in [0.3, 0.4) is 0 Å². The average Bonchev–Trinajstić information content (AvgIpc) is 2.34. The molecule has 2 heteroatoms. The topological polar surface area (TPSA) is 17.1 Å². The Bertz CT molecular complexity index is 443. The molecular weight excluding hydrogens is 240 g/mol. The minimum Gasteiger partial charge on any atom is -0.295 e. The van der Waals surface area contributed by atoms with Crippen molar-refractivity contribution >= 4 is 23.6 Å². The van der Waals surface area contributed by atoms with Gasteiger partial charge in [-0.2, -0.15) is 0 Å². The standard InChI is InChI=1S/C16H20OS/c1-12(2)18-15-9-7-13(8-10-15)11-14-5-3-4-6-16(14)17/h7-12H,3-6H2,1-2H3/b14-11-. The molecule has 1 aliphatic carbocycles. The van der Waals surface area contributed by atoms with E-state index in [0.29, 0.717) is 11.0 Å². The number of hydrogen-bond acceptors (Lipinski definition) is 2. The molecule has 0 radical (unpaired) electrons. The number of Topliss-reactive ketones (excluding diaryl/α,β-unsaturated/α-hetero) is 1. The Morgan fingerprint density at radius 1 is 1.11 bits per heavy atom. The number of rotatable bonds is 3. The van der Waals surface area contributed by atoms with Crippen LogP contribution in [0, 0.1) is 0 Å². The first-order valence-electron chi connectivity index (χ1n) is 6.65. The van der Waals surface area contributed by atoms with Crippen LogP contribution in [0.1, 0.15) is 45.1 Å². The van der Waals surface area contributed by atoms with Crippen LogP contribution in [0.4, 0.5) is 0 Å². The predicted molar refractivity (Wildman–Crippen MR) is 78.9 cm³/mol. The largest absolute Gasteiger partial charge is 0.295 e. The molecule has 1 fully saturated rings. The van der Waals surface area contributed by atoms with Crippen molar-refractivity contribution < 1.29 is 4.79 Å². The summed E-state index contributed by atoms with van der Waals surface area (Å²) in [5.74, 6) is 0.335. The van der Waals surface area contributed by atoms with Crippen LogP contribution in [0.5, 0.6) is 0 Å². The Kier molecular flexibility index (Phi) is 4.65. The lowest BCUT2D eigenvalue weighted by Gasteiger charge is -2.12. The number of hydrogen-bond donors (Lipinski definition) is 0. The molecule has 0 unspecified atom stereocenters. The van der Waals surface area contributed by atoms with Crippen LogP contribution in [0.25, 0.3) is 6.08 Å². The van der Waals surface area contributed by atoms with Gasteiger partial charge in [-0.3, -0.25) is 4.79 Å². The Balaban J connectivity index is 2.09. The van der Waals surface area contributed by atoms with Crippen LogP contribution in [-0.2, 0) is 4.79 Å². The van der Waals surface area contributed by atoms with E-state index in [1.165, 1.54) is 4.90 Å². The molecular formula is C16H20OS. The number of allylic oxidation sites excluding steroid dienone is 1. The van der Waals surface area contributed by atoms with E-state index in [-0.39, 0.29) is 0 Å². The van der Waals surface area contributed by atoms with Crippen molar-refractivity contribution in [3.05, 3.63) is 35.4 Å². The van der Waals surface area contributed by atoms with E-state index >= 15 is 0 Å². The normalized spacial score (nSPS) is 18.6. The van der Waals surface area contributed by atoms with Gasteiger partial charge >= 0.3 is 0 Å². The van der Waals surface area contributed by atoms with E-state index in [1.54, 1.807) is 0 Å². The second kappa shape index (κ2) is 6.24. The van der Waals surface area contributed by atoms with E-state index in [4.69, 9.17) is 0 Å². The Hall–Kier alpha value is -1.02. The molecule has 1 nitrogen and oxygen atoms in total. The molecule has 1 aromatic rings. The number of benzene rings is 1. The molecule has 0 heterocycles. The van der Waals surface area contributed by atoms with Crippen LogP contribution >= 0.6 is 11.8 Å². The molecule has 1 saturated carbocycles. The fourth-order valence-electron chi connectivity index (χ4n) is 2.17. The lowest BCUT2D eigenvalue weighted by molar-refractivity contribution is -0.116. The van der Waals surface area contributed by atoms with Gasteiger partial charge in [0.1, 0.15) is 0 Å². The zero-order valence-electron chi connectivity index (χ0n) is 11.1. The SMILES string of the molecule is CC(C)Sc1ccc(/C=C2/CCCCC2=O)cc1. The van der Waals surface area contributed by atoms with Gasteiger partial charge in [-0.05, 0) is 48.6 Å². The van der Waals surface area contributed by atoms with E-state index in [9.17, 15) is 4.79 Å². The van der Waals surface area contributed by atoms with Gasteiger partial charge in [0.15, 0.2) is 5.78 Å². The number of thioether (sulfide) groups is 1. The predicted octanol–water partition coefficient (Wildman–Crippen LogP) is 4.71. The quantitative estimate of drug-likeness (QED) is 0.578.